The Balaban J connectivity index is 1.46. The molecule has 1 heterocycles. The van der Waals surface area contributed by atoms with E-state index in [4.69, 9.17) is 9.47 Å². The molecule has 0 atom stereocenters. The van der Waals surface area contributed by atoms with E-state index in [-0.39, 0.29) is 0 Å². The van der Waals surface area contributed by atoms with Gasteiger partial charge in [0.25, 0.3) is 0 Å². The summed E-state index contributed by atoms with van der Waals surface area (Å²) in [5, 5.41) is 3.57. The first-order valence-corrected chi connectivity index (χ1v) is 8.93. The Morgan fingerprint density at radius 3 is 2.57 bits per heavy atom. The molecule has 0 saturated heterocycles. The third kappa shape index (κ3) is 4.62. The summed E-state index contributed by atoms with van der Waals surface area (Å²) in [6.07, 6.45) is 8.59. The van der Waals surface area contributed by atoms with Gasteiger partial charge in [-0.05, 0) is 56.3 Å². The Hall–Kier alpha value is -0.740. The summed E-state index contributed by atoms with van der Waals surface area (Å²) in [4.78, 5) is 0. The predicted molar refractivity (Wildman–Crippen MR) is 88.3 cm³/mol. The third-order valence-electron chi connectivity index (χ3n) is 4.05. The van der Waals surface area contributed by atoms with Crippen LogP contribution in [0.2, 0.25) is 0 Å². The number of aryl methyl sites for hydroxylation is 1. The van der Waals surface area contributed by atoms with Crippen molar-refractivity contribution >= 4 is 15.9 Å². The van der Waals surface area contributed by atoms with Crippen LogP contribution in [0.3, 0.4) is 0 Å². The zero-order valence-corrected chi connectivity index (χ0v) is 14.1. The maximum Gasteiger partial charge on any atom is 0.162 e. The zero-order valence-electron chi connectivity index (χ0n) is 12.5. The molecule has 0 spiro atoms. The van der Waals surface area contributed by atoms with Gasteiger partial charge >= 0.3 is 0 Å². The highest BCUT2D eigenvalue weighted by Gasteiger charge is 2.19. The van der Waals surface area contributed by atoms with Gasteiger partial charge in [-0.3, -0.25) is 0 Å². The van der Waals surface area contributed by atoms with E-state index in [1.807, 2.05) is 0 Å². The third-order valence-corrected chi connectivity index (χ3v) is 4.79. The molecule has 3 rings (SSSR count). The number of fused-ring (bicyclic) bond motifs is 1. The van der Waals surface area contributed by atoms with Crippen LogP contribution in [-0.2, 0) is 6.42 Å². The van der Waals surface area contributed by atoms with E-state index in [2.05, 4.69) is 33.4 Å². The Morgan fingerprint density at radius 2 is 1.81 bits per heavy atom. The van der Waals surface area contributed by atoms with Crippen molar-refractivity contribution < 1.29 is 9.47 Å². The second kappa shape index (κ2) is 7.50. The Bertz CT molecular complexity index is 474. The molecule has 1 aliphatic carbocycles. The van der Waals surface area contributed by atoms with Crippen LogP contribution in [0.5, 0.6) is 11.5 Å². The van der Waals surface area contributed by atoms with Crippen molar-refractivity contribution in [1.82, 2.24) is 5.32 Å². The first kappa shape index (κ1) is 15.2. The standard InChI is InChI=1S/C17H24BrNO2/c18-15-12-17-16(20-9-4-10-21-17)11-13(15)5-2-1-3-8-19-14-6-7-14/h11-12,14,19H,1-10H2. The summed E-state index contributed by atoms with van der Waals surface area (Å²) < 4.78 is 12.6. The average Bonchev–Trinajstić information content (AvgIpc) is 3.29. The van der Waals surface area contributed by atoms with Gasteiger partial charge in [-0.15, -0.1) is 0 Å². The Kier molecular flexibility index (Phi) is 5.42. The first-order chi connectivity index (χ1) is 10.3. The van der Waals surface area contributed by atoms with Crippen LogP contribution < -0.4 is 14.8 Å². The van der Waals surface area contributed by atoms with Crippen molar-refractivity contribution in [2.24, 2.45) is 0 Å². The van der Waals surface area contributed by atoms with Crippen LogP contribution in [-0.4, -0.2) is 25.8 Å². The number of ether oxygens (including phenoxy) is 2. The van der Waals surface area contributed by atoms with E-state index in [1.54, 1.807) is 0 Å². The van der Waals surface area contributed by atoms with Gasteiger partial charge < -0.3 is 14.8 Å². The summed E-state index contributed by atoms with van der Waals surface area (Å²) in [7, 11) is 0. The van der Waals surface area contributed by atoms with Gasteiger partial charge in [-0.1, -0.05) is 22.4 Å². The van der Waals surface area contributed by atoms with Crippen LogP contribution in [0.1, 0.15) is 44.1 Å². The highest BCUT2D eigenvalue weighted by molar-refractivity contribution is 9.10. The van der Waals surface area contributed by atoms with Gasteiger partial charge in [-0.2, -0.15) is 0 Å². The maximum absolute atomic E-state index is 5.77. The van der Waals surface area contributed by atoms with Crippen LogP contribution in [0.4, 0.5) is 0 Å². The van der Waals surface area contributed by atoms with Crippen LogP contribution in [0.25, 0.3) is 0 Å². The first-order valence-electron chi connectivity index (χ1n) is 8.14. The lowest BCUT2D eigenvalue weighted by molar-refractivity contribution is 0.297. The molecule has 0 radical (unpaired) electrons. The number of nitrogens with one attached hydrogen (secondary N) is 1. The summed E-state index contributed by atoms with van der Waals surface area (Å²) in [5.74, 6) is 1.78. The van der Waals surface area contributed by atoms with Gasteiger partial charge in [0.05, 0.1) is 13.2 Å². The number of benzene rings is 1. The molecule has 2 aliphatic rings. The van der Waals surface area contributed by atoms with Crippen molar-refractivity contribution in [3.63, 3.8) is 0 Å². The highest BCUT2D eigenvalue weighted by atomic mass is 79.9. The summed E-state index contributed by atoms with van der Waals surface area (Å²) in [5.41, 5.74) is 1.33. The quantitative estimate of drug-likeness (QED) is 0.749. The highest BCUT2D eigenvalue weighted by Crippen LogP contribution is 2.35. The van der Waals surface area contributed by atoms with Crippen molar-refractivity contribution in [1.29, 1.82) is 0 Å². The molecule has 0 amide bonds. The normalized spacial score (nSPS) is 17.6. The lowest BCUT2D eigenvalue weighted by atomic mass is 10.1. The molecule has 0 aromatic heterocycles. The van der Waals surface area contributed by atoms with Gasteiger partial charge in [-0.25, -0.2) is 0 Å². The predicted octanol–water partition coefficient (Wildman–Crippen LogP) is 4.08. The molecule has 0 bridgehead atoms. The van der Waals surface area contributed by atoms with Gasteiger partial charge in [0.1, 0.15) is 0 Å². The molecule has 1 fully saturated rings. The van der Waals surface area contributed by atoms with Gasteiger partial charge in [0, 0.05) is 16.9 Å². The molecule has 116 valence electrons. The van der Waals surface area contributed by atoms with Crippen LogP contribution in [0, 0.1) is 0 Å². The summed E-state index contributed by atoms with van der Waals surface area (Å²) in [6.45, 7) is 2.67. The topological polar surface area (TPSA) is 30.5 Å². The van der Waals surface area contributed by atoms with Crippen LogP contribution >= 0.6 is 15.9 Å². The van der Waals surface area contributed by atoms with E-state index in [9.17, 15) is 0 Å². The summed E-state index contributed by atoms with van der Waals surface area (Å²) in [6, 6.07) is 5.04. The van der Waals surface area contributed by atoms with Gasteiger partial charge in [0.2, 0.25) is 0 Å². The van der Waals surface area contributed by atoms with E-state index < -0.39 is 0 Å². The SMILES string of the molecule is Brc1cc2c(cc1CCCCCNC1CC1)OCCCO2. The largest absolute Gasteiger partial charge is 0.490 e. The molecule has 3 nitrogen and oxygen atoms in total. The second-order valence-corrected chi connectivity index (χ2v) is 6.83. The van der Waals surface area contributed by atoms with Gasteiger partial charge in [0.15, 0.2) is 11.5 Å². The average molecular weight is 354 g/mol. The van der Waals surface area contributed by atoms with Crippen molar-refractivity contribution in [2.75, 3.05) is 19.8 Å². The lowest BCUT2D eigenvalue weighted by Gasteiger charge is -2.11. The lowest BCUT2D eigenvalue weighted by Crippen LogP contribution is -2.17. The number of rotatable bonds is 7. The minimum atomic E-state index is 0.743. The van der Waals surface area contributed by atoms with Crippen molar-refractivity contribution in [3.8, 4) is 11.5 Å². The number of hydrogen-bond donors (Lipinski definition) is 1. The fourth-order valence-corrected chi connectivity index (χ4v) is 3.15. The Morgan fingerprint density at radius 1 is 1.05 bits per heavy atom. The fraction of sp³-hybridized carbons (Fsp3) is 0.647. The minimum absolute atomic E-state index is 0.743. The van der Waals surface area contributed by atoms with Crippen LogP contribution in [0.15, 0.2) is 16.6 Å². The number of halogens is 1. The van der Waals surface area contributed by atoms with E-state index >= 15 is 0 Å². The van der Waals surface area contributed by atoms with E-state index in [1.165, 1.54) is 44.2 Å². The summed E-state index contributed by atoms with van der Waals surface area (Å²) >= 11 is 3.66. The van der Waals surface area contributed by atoms with Crippen molar-refractivity contribution in [2.45, 2.75) is 51.0 Å². The maximum atomic E-state index is 5.77. The second-order valence-electron chi connectivity index (χ2n) is 5.98. The zero-order chi connectivity index (χ0) is 14.5. The molecule has 1 saturated carbocycles. The smallest absolute Gasteiger partial charge is 0.162 e. The molecule has 0 unspecified atom stereocenters. The Labute approximate surface area is 135 Å². The molecule has 4 heteroatoms. The molecule has 1 aromatic carbocycles. The molecule has 1 aromatic rings. The molecule has 21 heavy (non-hydrogen) atoms. The number of hydrogen-bond acceptors (Lipinski definition) is 3. The molecular weight excluding hydrogens is 330 g/mol. The fourth-order valence-electron chi connectivity index (χ4n) is 2.63. The molecular formula is C17H24BrNO2. The van der Waals surface area contributed by atoms with E-state index in [0.717, 1.165) is 48.1 Å². The molecule has 1 aliphatic heterocycles. The minimum Gasteiger partial charge on any atom is -0.490 e. The number of unbranched alkanes of at least 4 members (excludes halogenated alkanes) is 2. The monoisotopic (exact) mass is 353 g/mol. The van der Waals surface area contributed by atoms with Crippen molar-refractivity contribution in [3.05, 3.63) is 22.2 Å². The van der Waals surface area contributed by atoms with E-state index in [0.29, 0.717) is 0 Å². The molecule has 1 N–H and O–H groups in total.